The Morgan fingerprint density at radius 2 is 1.47 bits per heavy atom. The van der Waals surface area contributed by atoms with Crippen molar-refractivity contribution in [3.8, 4) is 11.5 Å². The molecule has 4 heterocycles. The molecule has 4 aliphatic rings. The van der Waals surface area contributed by atoms with E-state index in [-0.39, 0.29) is 17.3 Å². The van der Waals surface area contributed by atoms with Crippen LogP contribution in [0.25, 0.3) is 11.5 Å². The summed E-state index contributed by atoms with van der Waals surface area (Å²) in [6.07, 6.45) is -16.0. The van der Waals surface area contributed by atoms with Crippen molar-refractivity contribution in [2.45, 2.75) is 68.0 Å². The van der Waals surface area contributed by atoms with E-state index in [2.05, 4.69) is 15.1 Å². The molecule has 38 heavy (non-hydrogen) atoms. The molecule has 2 fully saturated rings. The minimum absolute atomic E-state index is 0.0527. The van der Waals surface area contributed by atoms with E-state index in [1.807, 2.05) is 0 Å². The van der Waals surface area contributed by atoms with Gasteiger partial charge in [-0.15, -0.1) is 0 Å². The zero-order valence-corrected chi connectivity index (χ0v) is 20.2. The summed E-state index contributed by atoms with van der Waals surface area (Å²) in [5, 5.41) is 74.5. The topological polar surface area (TPSA) is 261 Å². The lowest BCUT2D eigenvalue weighted by atomic mass is 9.97. The summed E-state index contributed by atoms with van der Waals surface area (Å²) in [6.45, 7) is -1.89. The highest BCUT2D eigenvalue weighted by Crippen LogP contribution is 2.29. The Kier molecular flexibility index (Phi) is 8.49. The second-order valence-electron chi connectivity index (χ2n) is 8.90. The van der Waals surface area contributed by atoms with Gasteiger partial charge in [0.25, 0.3) is 5.56 Å². The summed E-state index contributed by atoms with van der Waals surface area (Å²) in [5.74, 6) is -0.108. The fourth-order valence-electron chi connectivity index (χ4n) is 4.17. The standard InChI is InChI=1S/C20H29N5O13/c1-24-17(33)9-16(22-20(24)34)25(2)23-8(21-9)5-35-18-14(32)12(30)15(7(4-27)37-18)38-19-13(31)11(29)10(28)6(3-26)36-19/h6-7,10-15,18-19,26-32H,3-5H2,1-2H3/t6-,7-,10+,11+,12-,13-,14-,15-,18-,19+/m1/s1. The van der Waals surface area contributed by atoms with Crippen LogP contribution in [0.1, 0.15) is 5.82 Å². The van der Waals surface area contributed by atoms with Crippen LogP contribution < -0.4 is 11.2 Å². The van der Waals surface area contributed by atoms with Crippen molar-refractivity contribution in [2.75, 3.05) is 13.2 Å². The van der Waals surface area contributed by atoms with Crippen LogP contribution >= 0.6 is 0 Å². The smallest absolute Gasteiger partial charge is 0.352 e. The Morgan fingerprint density at radius 1 is 0.842 bits per heavy atom. The molecule has 4 rings (SSSR count). The number of fused-ring (bicyclic) bond motifs is 1. The molecule has 0 aromatic heterocycles. The van der Waals surface area contributed by atoms with Crippen molar-refractivity contribution >= 4 is 0 Å². The molecule has 0 bridgehead atoms. The summed E-state index contributed by atoms with van der Waals surface area (Å²) in [6, 6.07) is 0. The van der Waals surface area contributed by atoms with Gasteiger partial charge < -0.3 is 54.7 Å². The maximum absolute atomic E-state index is 12.4. The first-order valence-corrected chi connectivity index (χ1v) is 11.5. The maximum Gasteiger partial charge on any atom is 0.352 e. The van der Waals surface area contributed by atoms with E-state index in [0.717, 1.165) is 9.25 Å². The molecule has 4 aliphatic heterocycles. The first-order chi connectivity index (χ1) is 18.0. The van der Waals surface area contributed by atoms with Crippen LogP contribution in [-0.4, -0.2) is 135 Å². The Labute approximate surface area is 213 Å². The van der Waals surface area contributed by atoms with Crippen LogP contribution in [0.2, 0.25) is 0 Å². The Balaban J connectivity index is 1.47. The SMILES string of the molecule is Cn1nc(CO[C@@H]2O[C@H](CO)[C@@H](O[C@@H]3O[C@H](CO)[C@H](O)[C@H](O)[C@H]3O)[C@H](O)[C@H]2O)nc2c(=O)n(C)c(=O)nc1-2. The fourth-order valence-corrected chi connectivity index (χ4v) is 4.17. The molecule has 18 nitrogen and oxygen atoms in total. The largest absolute Gasteiger partial charge is 0.394 e. The molecule has 0 amide bonds. The van der Waals surface area contributed by atoms with Gasteiger partial charge in [-0.2, -0.15) is 10.1 Å². The van der Waals surface area contributed by atoms with Crippen LogP contribution in [0.3, 0.4) is 0 Å². The molecular weight excluding hydrogens is 518 g/mol. The van der Waals surface area contributed by atoms with Gasteiger partial charge in [-0.1, -0.05) is 0 Å². The summed E-state index contributed by atoms with van der Waals surface area (Å²) in [5.41, 5.74) is -1.65. The number of aliphatic hydroxyl groups is 7. The van der Waals surface area contributed by atoms with Gasteiger partial charge in [-0.3, -0.25) is 9.36 Å². The van der Waals surface area contributed by atoms with Gasteiger partial charge in [0.1, 0.15) is 55.4 Å². The van der Waals surface area contributed by atoms with Gasteiger partial charge in [0.15, 0.2) is 29.9 Å². The first kappa shape index (κ1) is 28.5. The predicted octanol–water partition coefficient (Wildman–Crippen LogP) is -6.49. The zero-order valence-electron chi connectivity index (χ0n) is 20.2. The fraction of sp³-hybridized carbons (Fsp3) is 0.750. The van der Waals surface area contributed by atoms with Gasteiger partial charge in [0.05, 0.1) is 13.2 Å². The van der Waals surface area contributed by atoms with Crippen molar-refractivity contribution in [3.63, 3.8) is 0 Å². The number of aromatic nitrogens is 5. The number of hydrogen-bond acceptors (Lipinski definition) is 16. The lowest BCUT2D eigenvalue weighted by molar-refractivity contribution is -0.360. The number of nitrogens with zero attached hydrogens (tertiary/aromatic N) is 5. The predicted molar refractivity (Wildman–Crippen MR) is 118 cm³/mol. The highest BCUT2D eigenvalue weighted by Gasteiger charge is 2.50. The minimum atomic E-state index is -1.80. The normalized spacial score (nSPS) is 36.0. The molecule has 2 saturated heterocycles. The van der Waals surface area contributed by atoms with E-state index in [1.165, 1.54) is 14.1 Å². The van der Waals surface area contributed by atoms with E-state index in [0.29, 0.717) is 0 Å². The Hall–Kier alpha value is -2.49. The monoisotopic (exact) mass is 547 g/mol. The third kappa shape index (κ3) is 5.20. The van der Waals surface area contributed by atoms with E-state index in [9.17, 15) is 45.3 Å². The molecule has 10 atom stereocenters. The molecular formula is C20H29N5O13. The summed E-state index contributed by atoms with van der Waals surface area (Å²) >= 11 is 0. The molecule has 18 heteroatoms. The number of ether oxygens (including phenoxy) is 4. The number of rotatable bonds is 7. The molecule has 0 aliphatic carbocycles. The van der Waals surface area contributed by atoms with Crippen LogP contribution in [0.4, 0.5) is 0 Å². The van der Waals surface area contributed by atoms with Gasteiger partial charge in [-0.25, -0.2) is 14.5 Å². The lowest BCUT2D eigenvalue weighted by Gasteiger charge is -2.45. The molecule has 0 spiro atoms. The second-order valence-corrected chi connectivity index (χ2v) is 8.90. The van der Waals surface area contributed by atoms with Gasteiger partial charge >= 0.3 is 5.69 Å². The van der Waals surface area contributed by atoms with Gasteiger partial charge in [0.2, 0.25) is 0 Å². The van der Waals surface area contributed by atoms with E-state index < -0.39 is 92.5 Å². The Bertz CT molecular complexity index is 1200. The van der Waals surface area contributed by atoms with Crippen molar-refractivity contribution in [3.05, 3.63) is 26.7 Å². The summed E-state index contributed by atoms with van der Waals surface area (Å²) < 4.78 is 23.7. The highest BCUT2D eigenvalue weighted by molar-refractivity contribution is 5.47. The van der Waals surface area contributed by atoms with Crippen LogP contribution in [0.15, 0.2) is 9.59 Å². The average molecular weight is 547 g/mol. The van der Waals surface area contributed by atoms with Crippen LogP contribution in [0, 0.1) is 0 Å². The van der Waals surface area contributed by atoms with E-state index in [1.54, 1.807) is 0 Å². The number of hydrogen-bond donors (Lipinski definition) is 7. The Morgan fingerprint density at radius 3 is 2.13 bits per heavy atom. The quantitative estimate of drug-likeness (QED) is 0.170. The molecule has 0 unspecified atom stereocenters. The van der Waals surface area contributed by atoms with Gasteiger partial charge in [-0.05, 0) is 0 Å². The molecule has 0 radical (unpaired) electrons. The first-order valence-electron chi connectivity index (χ1n) is 11.5. The number of aliphatic hydroxyl groups excluding tert-OH is 7. The van der Waals surface area contributed by atoms with Crippen molar-refractivity contribution in [1.82, 2.24) is 24.3 Å². The third-order valence-electron chi connectivity index (χ3n) is 6.36. The van der Waals surface area contributed by atoms with Crippen molar-refractivity contribution < 1.29 is 54.7 Å². The van der Waals surface area contributed by atoms with Crippen LogP contribution in [0.5, 0.6) is 0 Å². The molecule has 7 N–H and O–H groups in total. The number of aryl methyl sites for hydroxylation is 1. The van der Waals surface area contributed by atoms with Crippen molar-refractivity contribution in [2.24, 2.45) is 14.1 Å². The summed E-state index contributed by atoms with van der Waals surface area (Å²) in [4.78, 5) is 32.0. The second kappa shape index (κ2) is 11.3. The maximum atomic E-state index is 12.4. The highest BCUT2D eigenvalue weighted by atomic mass is 16.7. The third-order valence-corrected chi connectivity index (χ3v) is 6.36. The van der Waals surface area contributed by atoms with Crippen LogP contribution in [-0.2, 0) is 39.6 Å². The van der Waals surface area contributed by atoms with Gasteiger partial charge in [0, 0.05) is 14.1 Å². The zero-order chi connectivity index (χ0) is 27.9. The molecule has 212 valence electrons. The lowest BCUT2D eigenvalue weighted by Crippen LogP contribution is -2.64. The molecule has 0 aromatic carbocycles. The van der Waals surface area contributed by atoms with E-state index in [4.69, 9.17) is 18.9 Å². The minimum Gasteiger partial charge on any atom is -0.394 e. The average Bonchev–Trinajstić information content (AvgIpc) is 2.90. The molecule has 0 aromatic rings. The van der Waals surface area contributed by atoms with Crippen molar-refractivity contribution in [1.29, 1.82) is 0 Å². The summed E-state index contributed by atoms with van der Waals surface area (Å²) in [7, 11) is 2.67. The molecule has 0 saturated carbocycles. The van der Waals surface area contributed by atoms with E-state index >= 15 is 0 Å².